The van der Waals surface area contributed by atoms with Gasteiger partial charge in [0.05, 0.1) is 16.3 Å². The molecule has 2 aromatic carbocycles. The van der Waals surface area contributed by atoms with Gasteiger partial charge >= 0.3 is 0 Å². The summed E-state index contributed by atoms with van der Waals surface area (Å²) in [4.78, 5) is 2.23. The van der Waals surface area contributed by atoms with Gasteiger partial charge in [0.25, 0.3) is 0 Å². The van der Waals surface area contributed by atoms with Crippen molar-refractivity contribution in [2.24, 2.45) is 10.2 Å². The van der Waals surface area contributed by atoms with Crippen LogP contribution in [0.25, 0.3) is 0 Å². The molecule has 0 atom stereocenters. The molecule has 5 nitrogen and oxygen atoms in total. The smallest absolute Gasteiger partial charge is 0.175 e. The third-order valence-corrected chi connectivity index (χ3v) is 4.00. The first-order chi connectivity index (χ1) is 9.86. The van der Waals surface area contributed by atoms with Gasteiger partial charge in [0.1, 0.15) is 0 Å². The number of nitrogens with zero attached hydrogens (tertiary/aromatic N) is 3. The van der Waals surface area contributed by atoms with Gasteiger partial charge in [-0.1, -0.05) is 6.07 Å². The average molecular weight is 303 g/mol. The molecule has 0 unspecified atom stereocenters. The van der Waals surface area contributed by atoms with Crippen molar-refractivity contribution in [3.63, 3.8) is 0 Å². The second-order valence-electron chi connectivity index (χ2n) is 4.88. The molecule has 0 aromatic heterocycles. The minimum Gasteiger partial charge on any atom is -0.378 e. The molecule has 110 valence electrons. The van der Waals surface area contributed by atoms with Crippen molar-refractivity contribution < 1.29 is 8.42 Å². The van der Waals surface area contributed by atoms with Gasteiger partial charge in [0.15, 0.2) is 9.84 Å². The van der Waals surface area contributed by atoms with Gasteiger partial charge in [-0.05, 0) is 42.5 Å². The molecule has 0 bridgehead atoms. The molecule has 2 aromatic rings. The summed E-state index contributed by atoms with van der Waals surface area (Å²) < 4.78 is 23.0. The SMILES string of the molecule is CN(C)c1ccc(N=Nc2cccc(S(C)(=O)=O)c2)cc1. The highest BCUT2D eigenvalue weighted by Crippen LogP contribution is 2.23. The Labute approximate surface area is 124 Å². The van der Waals surface area contributed by atoms with Crippen LogP contribution in [0.4, 0.5) is 17.1 Å². The van der Waals surface area contributed by atoms with Crippen molar-refractivity contribution in [1.82, 2.24) is 0 Å². The molecule has 2 rings (SSSR count). The van der Waals surface area contributed by atoms with E-state index in [9.17, 15) is 8.42 Å². The summed E-state index contributed by atoms with van der Waals surface area (Å²) in [6.07, 6.45) is 1.17. The summed E-state index contributed by atoms with van der Waals surface area (Å²) in [5.41, 5.74) is 2.30. The molecular weight excluding hydrogens is 286 g/mol. The Morgan fingerprint density at radius 1 is 0.905 bits per heavy atom. The standard InChI is InChI=1S/C15H17N3O2S/c1-18(2)14-9-7-12(8-10-14)16-17-13-5-4-6-15(11-13)21(3,19)20/h4-11H,1-3H3. The first kappa shape index (κ1) is 15.2. The van der Waals surface area contributed by atoms with E-state index in [1.165, 1.54) is 12.3 Å². The van der Waals surface area contributed by atoms with E-state index in [2.05, 4.69) is 10.2 Å². The Balaban J connectivity index is 2.21. The Bertz CT molecular complexity index is 751. The molecule has 0 saturated carbocycles. The third kappa shape index (κ3) is 4.13. The van der Waals surface area contributed by atoms with E-state index in [1.807, 2.05) is 43.3 Å². The molecule has 0 aliphatic rings. The average Bonchev–Trinajstić information content (AvgIpc) is 2.45. The van der Waals surface area contributed by atoms with Gasteiger partial charge in [-0.25, -0.2) is 8.42 Å². The lowest BCUT2D eigenvalue weighted by Gasteiger charge is -2.11. The molecule has 0 aliphatic carbocycles. The van der Waals surface area contributed by atoms with E-state index >= 15 is 0 Å². The van der Waals surface area contributed by atoms with Crippen molar-refractivity contribution in [3.05, 3.63) is 48.5 Å². The molecule has 0 spiro atoms. The monoisotopic (exact) mass is 303 g/mol. The van der Waals surface area contributed by atoms with Crippen LogP contribution in [0.2, 0.25) is 0 Å². The summed E-state index contributed by atoms with van der Waals surface area (Å²) in [5.74, 6) is 0. The molecule has 6 heteroatoms. The highest BCUT2D eigenvalue weighted by atomic mass is 32.2. The molecule has 0 aliphatic heterocycles. The van der Waals surface area contributed by atoms with Crippen LogP contribution >= 0.6 is 0 Å². The predicted molar refractivity (Wildman–Crippen MR) is 84.5 cm³/mol. The predicted octanol–water partition coefficient (Wildman–Crippen LogP) is 3.57. The summed E-state index contributed by atoms with van der Waals surface area (Å²) in [5, 5.41) is 8.18. The van der Waals surface area contributed by atoms with Crippen LogP contribution in [0.15, 0.2) is 63.7 Å². The van der Waals surface area contributed by atoms with Crippen LogP contribution in [-0.4, -0.2) is 28.8 Å². The molecular formula is C15H17N3O2S. The van der Waals surface area contributed by atoms with Gasteiger partial charge in [-0.2, -0.15) is 10.2 Å². The second-order valence-corrected chi connectivity index (χ2v) is 6.90. The lowest BCUT2D eigenvalue weighted by atomic mass is 10.3. The molecule has 0 fully saturated rings. The number of anilines is 1. The Kier molecular flexibility index (Phi) is 4.37. The van der Waals surface area contributed by atoms with Crippen LogP contribution in [-0.2, 0) is 9.84 Å². The zero-order valence-corrected chi connectivity index (χ0v) is 13.0. The van der Waals surface area contributed by atoms with Crippen molar-refractivity contribution in [2.75, 3.05) is 25.3 Å². The Morgan fingerprint density at radius 2 is 1.52 bits per heavy atom. The van der Waals surface area contributed by atoms with Crippen LogP contribution in [0.5, 0.6) is 0 Å². The lowest BCUT2D eigenvalue weighted by Crippen LogP contribution is -2.07. The fourth-order valence-corrected chi connectivity index (χ4v) is 2.37. The number of hydrogen-bond donors (Lipinski definition) is 0. The third-order valence-electron chi connectivity index (χ3n) is 2.89. The van der Waals surface area contributed by atoms with E-state index in [0.29, 0.717) is 11.4 Å². The summed E-state index contributed by atoms with van der Waals surface area (Å²) >= 11 is 0. The summed E-state index contributed by atoms with van der Waals surface area (Å²) in [7, 11) is 0.700. The van der Waals surface area contributed by atoms with Crippen LogP contribution < -0.4 is 4.90 Å². The van der Waals surface area contributed by atoms with E-state index in [1.54, 1.807) is 18.2 Å². The van der Waals surface area contributed by atoms with Gasteiger partial charge in [0.2, 0.25) is 0 Å². The largest absolute Gasteiger partial charge is 0.378 e. The van der Waals surface area contributed by atoms with Crippen molar-refractivity contribution in [3.8, 4) is 0 Å². The van der Waals surface area contributed by atoms with E-state index < -0.39 is 9.84 Å². The minimum atomic E-state index is -3.23. The topological polar surface area (TPSA) is 62.1 Å². The molecule has 21 heavy (non-hydrogen) atoms. The summed E-state index contributed by atoms with van der Waals surface area (Å²) in [6.45, 7) is 0. The Hall–Kier alpha value is -2.21. The van der Waals surface area contributed by atoms with Gasteiger partial charge in [-0.15, -0.1) is 0 Å². The number of benzene rings is 2. The maximum Gasteiger partial charge on any atom is 0.175 e. The number of rotatable bonds is 4. The zero-order chi connectivity index (χ0) is 15.5. The van der Waals surface area contributed by atoms with Crippen LogP contribution in [0, 0.1) is 0 Å². The normalized spacial score (nSPS) is 11.8. The summed E-state index contributed by atoms with van der Waals surface area (Å²) in [6, 6.07) is 14.0. The van der Waals surface area contributed by atoms with E-state index in [0.717, 1.165) is 5.69 Å². The number of sulfone groups is 1. The van der Waals surface area contributed by atoms with Gasteiger partial charge < -0.3 is 4.90 Å². The highest BCUT2D eigenvalue weighted by molar-refractivity contribution is 7.90. The molecule has 0 amide bonds. The zero-order valence-electron chi connectivity index (χ0n) is 12.2. The fraction of sp³-hybridized carbons (Fsp3) is 0.200. The van der Waals surface area contributed by atoms with Gasteiger partial charge in [0, 0.05) is 26.0 Å². The minimum absolute atomic E-state index is 0.238. The van der Waals surface area contributed by atoms with Crippen LogP contribution in [0.1, 0.15) is 0 Å². The Morgan fingerprint density at radius 3 is 2.10 bits per heavy atom. The van der Waals surface area contributed by atoms with Crippen molar-refractivity contribution >= 4 is 26.9 Å². The molecule has 0 heterocycles. The highest BCUT2D eigenvalue weighted by Gasteiger charge is 2.06. The van der Waals surface area contributed by atoms with Crippen LogP contribution in [0.3, 0.4) is 0 Å². The second kappa shape index (κ2) is 6.05. The molecule has 0 radical (unpaired) electrons. The number of azo groups is 1. The van der Waals surface area contributed by atoms with E-state index in [4.69, 9.17) is 0 Å². The quantitative estimate of drug-likeness (QED) is 0.811. The fourth-order valence-electron chi connectivity index (χ4n) is 1.71. The van der Waals surface area contributed by atoms with Gasteiger partial charge in [-0.3, -0.25) is 0 Å². The maximum absolute atomic E-state index is 11.5. The lowest BCUT2D eigenvalue weighted by molar-refractivity contribution is 0.602. The number of hydrogen-bond acceptors (Lipinski definition) is 5. The molecule has 0 N–H and O–H groups in total. The molecule has 0 saturated heterocycles. The van der Waals surface area contributed by atoms with Crippen molar-refractivity contribution in [2.45, 2.75) is 4.90 Å². The van der Waals surface area contributed by atoms with E-state index in [-0.39, 0.29) is 4.90 Å². The van der Waals surface area contributed by atoms with Crippen molar-refractivity contribution in [1.29, 1.82) is 0 Å². The first-order valence-electron chi connectivity index (χ1n) is 6.35. The maximum atomic E-state index is 11.5. The first-order valence-corrected chi connectivity index (χ1v) is 8.25.